The second-order valence-electron chi connectivity index (χ2n) is 6.04. The molecule has 0 radical (unpaired) electrons. The van der Waals surface area contributed by atoms with E-state index in [9.17, 15) is 0 Å². The summed E-state index contributed by atoms with van der Waals surface area (Å²) in [6.07, 6.45) is 2.68. The van der Waals surface area contributed by atoms with Crippen LogP contribution in [0.3, 0.4) is 0 Å². The molecule has 0 amide bonds. The highest BCUT2D eigenvalue weighted by Gasteiger charge is 2.21. The third kappa shape index (κ3) is 5.86. The quantitative estimate of drug-likeness (QED) is 0.280. The van der Waals surface area contributed by atoms with Crippen LogP contribution in [0.15, 0.2) is 33.8 Å². The Morgan fingerprint density at radius 2 is 2.15 bits per heavy atom. The standard InChI is InChI=1S/C18H25N5O2.HI/c1-3-19-18(20-10-6-9-17-22-13(2)23-25-17)21-12-15-11-14-7-4-5-8-16(14)24-15;/h4-5,7-8,15H,3,6,9-12H2,1-2H3,(H2,19,20,21);1H. The molecule has 1 aliphatic rings. The number of aliphatic imine (C=N–C) groups is 1. The molecule has 1 unspecified atom stereocenters. The van der Waals surface area contributed by atoms with E-state index < -0.39 is 0 Å². The summed E-state index contributed by atoms with van der Waals surface area (Å²) in [5.74, 6) is 3.15. The van der Waals surface area contributed by atoms with Crippen LogP contribution in [0.1, 0.15) is 30.6 Å². The van der Waals surface area contributed by atoms with Crippen LogP contribution in [-0.2, 0) is 12.8 Å². The summed E-state index contributed by atoms with van der Waals surface area (Å²) in [4.78, 5) is 8.85. The predicted molar refractivity (Wildman–Crippen MR) is 111 cm³/mol. The SMILES string of the molecule is CCNC(=NCC1Cc2ccccc2O1)NCCCc1nc(C)no1.I. The molecule has 1 aliphatic heterocycles. The maximum Gasteiger partial charge on any atom is 0.226 e. The normalized spacial score (nSPS) is 15.8. The van der Waals surface area contributed by atoms with Crippen molar-refractivity contribution in [2.75, 3.05) is 19.6 Å². The first-order valence-corrected chi connectivity index (χ1v) is 8.80. The highest BCUT2D eigenvalue weighted by Crippen LogP contribution is 2.28. The number of hydrogen-bond acceptors (Lipinski definition) is 5. The van der Waals surface area contributed by atoms with E-state index in [1.54, 1.807) is 0 Å². The summed E-state index contributed by atoms with van der Waals surface area (Å²) in [5, 5.41) is 10.4. The number of fused-ring (bicyclic) bond motifs is 1. The number of nitrogens with zero attached hydrogens (tertiary/aromatic N) is 3. The zero-order valence-corrected chi connectivity index (χ0v) is 17.5. The van der Waals surface area contributed by atoms with Crippen molar-refractivity contribution in [3.63, 3.8) is 0 Å². The molecule has 1 atom stereocenters. The molecule has 1 aromatic carbocycles. The van der Waals surface area contributed by atoms with E-state index >= 15 is 0 Å². The summed E-state index contributed by atoms with van der Waals surface area (Å²) in [6.45, 7) is 6.12. The topological polar surface area (TPSA) is 84.6 Å². The Morgan fingerprint density at radius 1 is 1.31 bits per heavy atom. The van der Waals surface area contributed by atoms with Crippen LogP contribution in [-0.4, -0.2) is 41.8 Å². The van der Waals surface area contributed by atoms with Gasteiger partial charge in [-0.3, -0.25) is 0 Å². The van der Waals surface area contributed by atoms with E-state index in [-0.39, 0.29) is 30.1 Å². The number of rotatable bonds is 7. The van der Waals surface area contributed by atoms with Crippen LogP contribution in [0.25, 0.3) is 0 Å². The zero-order valence-electron chi connectivity index (χ0n) is 15.2. The zero-order chi connectivity index (χ0) is 17.5. The molecule has 8 heteroatoms. The largest absolute Gasteiger partial charge is 0.488 e. The molecule has 0 saturated carbocycles. The Morgan fingerprint density at radius 3 is 2.88 bits per heavy atom. The van der Waals surface area contributed by atoms with Gasteiger partial charge in [0.05, 0.1) is 6.54 Å². The molecule has 2 N–H and O–H groups in total. The number of guanidine groups is 1. The maximum absolute atomic E-state index is 5.93. The maximum atomic E-state index is 5.93. The van der Waals surface area contributed by atoms with Crippen LogP contribution in [0, 0.1) is 6.92 Å². The van der Waals surface area contributed by atoms with Gasteiger partial charge in [0.25, 0.3) is 0 Å². The van der Waals surface area contributed by atoms with Crippen molar-refractivity contribution in [1.29, 1.82) is 0 Å². The molecule has 0 fully saturated rings. The van der Waals surface area contributed by atoms with Crippen LogP contribution in [0.2, 0.25) is 0 Å². The molecule has 1 aromatic heterocycles. The van der Waals surface area contributed by atoms with Crippen molar-refractivity contribution < 1.29 is 9.26 Å². The summed E-state index contributed by atoms with van der Waals surface area (Å²) < 4.78 is 11.0. The van der Waals surface area contributed by atoms with Crippen LogP contribution >= 0.6 is 24.0 Å². The lowest BCUT2D eigenvalue weighted by atomic mass is 10.1. The lowest BCUT2D eigenvalue weighted by Gasteiger charge is -2.13. The number of para-hydroxylation sites is 1. The fraction of sp³-hybridized carbons (Fsp3) is 0.500. The molecule has 0 spiro atoms. The first kappa shape index (κ1) is 20.5. The van der Waals surface area contributed by atoms with Gasteiger partial charge in [-0.2, -0.15) is 4.98 Å². The van der Waals surface area contributed by atoms with Gasteiger partial charge < -0.3 is 19.9 Å². The smallest absolute Gasteiger partial charge is 0.226 e. The van der Waals surface area contributed by atoms with Gasteiger partial charge in [-0.15, -0.1) is 24.0 Å². The first-order valence-electron chi connectivity index (χ1n) is 8.80. The highest BCUT2D eigenvalue weighted by molar-refractivity contribution is 14.0. The van der Waals surface area contributed by atoms with E-state index in [0.29, 0.717) is 18.3 Å². The van der Waals surface area contributed by atoms with Crippen molar-refractivity contribution in [2.45, 2.75) is 39.2 Å². The average molecular weight is 471 g/mol. The Bertz CT molecular complexity index is 694. The van der Waals surface area contributed by atoms with Crippen molar-refractivity contribution in [2.24, 2.45) is 4.99 Å². The Kier molecular flexibility index (Phi) is 8.14. The van der Waals surface area contributed by atoms with Crippen molar-refractivity contribution in [1.82, 2.24) is 20.8 Å². The van der Waals surface area contributed by atoms with Gasteiger partial charge in [-0.05, 0) is 31.9 Å². The average Bonchev–Trinajstić information content (AvgIpc) is 3.21. The summed E-state index contributed by atoms with van der Waals surface area (Å²) in [7, 11) is 0. The summed E-state index contributed by atoms with van der Waals surface area (Å²) in [5.41, 5.74) is 1.26. The van der Waals surface area contributed by atoms with E-state index in [1.807, 2.05) is 25.1 Å². The van der Waals surface area contributed by atoms with Crippen LogP contribution in [0.4, 0.5) is 0 Å². The third-order valence-corrected chi connectivity index (χ3v) is 3.94. The second kappa shape index (κ2) is 10.3. The molecule has 142 valence electrons. The molecule has 26 heavy (non-hydrogen) atoms. The number of aromatic nitrogens is 2. The molecular formula is C18H26IN5O2. The lowest BCUT2D eigenvalue weighted by Crippen LogP contribution is -2.38. The van der Waals surface area contributed by atoms with Gasteiger partial charge in [0, 0.05) is 25.9 Å². The first-order chi connectivity index (χ1) is 12.2. The summed E-state index contributed by atoms with van der Waals surface area (Å²) in [6, 6.07) is 8.18. The highest BCUT2D eigenvalue weighted by atomic mass is 127. The number of benzene rings is 1. The molecule has 2 aromatic rings. The number of hydrogen-bond donors (Lipinski definition) is 2. The second-order valence-corrected chi connectivity index (χ2v) is 6.04. The van der Waals surface area contributed by atoms with Gasteiger partial charge in [0.2, 0.25) is 5.89 Å². The fourth-order valence-electron chi connectivity index (χ4n) is 2.78. The van der Waals surface area contributed by atoms with Gasteiger partial charge in [0.1, 0.15) is 11.9 Å². The van der Waals surface area contributed by atoms with Crippen LogP contribution < -0.4 is 15.4 Å². The lowest BCUT2D eigenvalue weighted by molar-refractivity contribution is 0.241. The van der Waals surface area contributed by atoms with Crippen molar-refractivity contribution >= 4 is 29.9 Å². The van der Waals surface area contributed by atoms with E-state index in [1.165, 1.54) is 5.56 Å². The van der Waals surface area contributed by atoms with Crippen LogP contribution in [0.5, 0.6) is 5.75 Å². The molecule has 7 nitrogen and oxygen atoms in total. The Hall–Kier alpha value is -1.84. The van der Waals surface area contributed by atoms with E-state index in [0.717, 1.165) is 44.1 Å². The number of aryl methyl sites for hydroxylation is 2. The van der Waals surface area contributed by atoms with Gasteiger partial charge >= 0.3 is 0 Å². The molecule has 0 saturated heterocycles. The molecule has 2 heterocycles. The molecule has 3 rings (SSSR count). The van der Waals surface area contributed by atoms with E-state index in [4.69, 9.17) is 9.26 Å². The van der Waals surface area contributed by atoms with E-state index in [2.05, 4.69) is 38.8 Å². The molecule has 0 bridgehead atoms. The third-order valence-electron chi connectivity index (χ3n) is 3.94. The Balaban J connectivity index is 0.00000243. The van der Waals surface area contributed by atoms with Gasteiger partial charge in [0.15, 0.2) is 11.8 Å². The molecule has 0 aliphatic carbocycles. The number of ether oxygens (including phenoxy) is 1. The monoisotopic (exact) mass is 471 g/mol. The van der Waals surface area contributed by atoms with Gasteiger partial charge in [-0.1, -0.05) is 23.4 Å². The minimum atomic E-state index is 0. The fourth-order valence-corrected chi connectivity index (χ4v) is 2.78. The van der Waals surface area contributed by atoms with Crippen molar-refractivity contribution in [3.8, 4) is 5.75 Å². The predicted octanol–water partition coefficient (Wildman–Crippen LogP) is 2.49. The molecular weight excluding hydrogens is 445 g/mol. The summed E-state index contributed by atoms with van der Waals surface area (Å²) >= 11 is 0. The number of halogens is 1. The van der Waals surface area contributed by atoms with Crippen molar-refractivity contribution in [3.05, 3.63) is 41.5 Å². The van der Waals surface area contributed by atoms with Gasteiger partial charge in [-0.25, -0.2) is 4.99 Å². The minimum absolute atomic E-state index is 0. The minimum Gasteiger partial charge on any atom is -0.488 e. The Labute approximate surface area is 171 Å². The number of nitrogens with one attached hydrogen (secondary N) is 2.